The van der Waals surface area contributed by atoms with Gasteiger partial charge in [-0.1, -0.05) is 32.4 Å². The molecule has 0 saturated carbocycles. The Bertz CT molecular complexity index is 637. The maximum absolute atomic E-state index is 13.4. The number of nitrogens with zero attached hydrogens (tertiary/aromatic N) is 1. The molecule has 2 rings (SSSR count). The molecule has 0 aliphatic heterocycles. The van der Waals surface area contributed by atoms with Gasteiger partial charge >= 0.3 is 0 Å². The summed E-state index contributed by atoms with van der Waals surface area (Å²) in [7, 11) is 0. The second kappa shape index (κ2) is 4.28. The Morgan fingerprint density at radius 1 is 1.28 bits per heavy atom. The van der Waals surface area contributed by atoms with Gasteiger partial charge in [-0.25, -0.2) is 9.07 Å². The molecule has 0 amide bonds. The molecule has 0 radical (unpaired) electrons. The van der Waals surface area contributed by atoms with Crippen molar-refractivity contribution in [2.24, 2.45) is 0 Å². The van der Waals surface area contributed by atoms with Gasteiger partial charge in [0.05, 0.1) is 10.7 Å². The molecule has 0 aliphatic rings. The van der Waals surface area contributed by atoms with Gasteiger partial charge in [-0.15, -0.1) is 0 Å². The summed E-state index contributed by atoms with van der Waals surface area (Å²) in [6, 6.07) is 5.77. The zero-order valence-corrected chi connectivity index (χ0v) is 11.2. The predicted molar refractivity (Wildman–Crippen MR) is 70.1 cm³/mol. The standard InChI is InChI=1S/C13H14ClFN2O/c1-13(2,3)11-7-12(18)17(16-11)8-4-5-9(14)10(15)6-8/h4-7,16H,1-3H3. The minimum Gasteiger partial charge on any atom is -0.294 e. The fraction of sp³-hybridized carbons (Fsp3) is 0.308. The largest absolute Gasteiger partial charge is 0.294 e. The average molecular weight is 269 g/mol. The Morgan fingerprint density at radius 2 is 1.94 bits per heavy atom. The number of hydrogen-bond donors (Lipinski definition) is 1. The smallest absolute Gasteiger partial charge is 0.271 e. The highest BCUT2D eigenvalue weighted by Gasteiger charge is 2.18. The summed E-state index contributed by atoms with van der Waals surface area (Å²) in [5, 5.41) is 3.02. The molecular weight excluding hydrogens is 255 g/mol. The third kappa shape index (κ3) is 2.34. The number of hydrogen-bond acceptors (Lipinski definition) is 1. The minimum atomic E-state index is -0.548. The molecule has 1 aromatic heterocycles. The van der Waals surface area contributed by atoms with Crippen LogP contribution in [0, 0.1) is 5.82 Å². The number of rotatable bonds is 1. The molecule has 0 spiro atoms. The van der Waals surface area contributed by atoms with E-state index in [2.05, 4.69) is 5.10 Å². The van der Waals surface area contributed by atoms with E-state index in [0.29, 0.717) is 5.69 Å². The number of halogens is 2. The Labute approximate surface area is 109 Å². The van der Waals surface area contributed by atoms with Crippen molar-refractivity contribution in [1.29, 1.82) is 0 Å². The van der Waals surface area contributed by atoms with Gasteiger partial charge in [0, 0.05) is 23.2 Å². The Hall–Kier alpha value is -1.55. The van der Waals surface area contributed by atoms with E-state index in [1.54, 1.807) is 6.07 Å². The highest BCUT2D eigenvalue weighted by atomic mass is 35.5. The quantitative estimate of drug-likeness (QED) is 0.847. The molecule has 5 heteroatoms. The van der Waals surface area contributed by atoms with Crippen molar-refractivity contribution in [3.63, 3.8) is 0 Å². The lowest BCUT2D eigenvalue weighted by Gasteiger charge is -2.15. The van der Waals surface area contributed by atoms with E-state index >= 15 is 0 Å². The van der Waals surface area contributed by atoms with Crippen LogP contribution >= 0.6 is 11.6 Å². The van der Waals surface area contributed by atoms with E-state index in [1.807, 2.05) is 20.8 Å². The van der Waals surface area contributed by atoms with E-state index in [9.17, 15) is 9.18 Å². The molecule has 1 N–H and O–H groups in total. The molecule has 0 unspecified atom stereocenters. The van der Waals surface area contributed by atoms with Gasteiger partial charge in [0.15, 0.2) is 0 Å². The molecule has 3 nitrogen and oxygen atoms in total. The van der Waals surface area contributed by atoms with Crippen molar-refractivity contribution in [3.05, 3.63) is 51.2 Å². The first-order chi connectivity index (χ1) is 8.29. The third-order valence-corrected chi connectivity index (χ3v) is 3.00. The van der Waals surface area contributed by atoms with Crippen LogP contribution < -0.4 is 5.56 Å². The van der Waals surface area contributed by atoms with Crippen LogP contribution in [0.2, 0.25) is 5.02 Å². The van der Waals surface area contributed by atoms with E-state index in [-0.39, 0.29) is 16.0 Å². The first-order valence-corrected chi connectivity index (χ1v) is 5.95. The lowest BCUT2D eigenvalue weighted by molar-refractivity contribution is 0.559. The maximum atomic E-state index is 13.4. The zero-order valence-electron chi connectivity index (χ0n) is 10.4. The van der Waals surface area contributed by atoms with Crippen molar-refractivity contribution in [3.8, 4) is 5.69 Å². The number of aromatic amines is 1. The van der Waals surface area contributed by atoms with Crippen LogP contribution in [0.25, 0.3) is 5.69 Å². The first-order valence-electron chi connectivity index (χ1n) is 5.57. The summed E-state index contributed by atoms with van der Waals surface area (Å²) in [6.45, 7) is 5.97. The lowest BCUT2D eigenvalue weighted by Crippen LogP contribution is -2.14. The van der Waals surface area contributed by atoms with E-state index < -0.39 is 5.82 Å². The fourth-order valence-electron chi connectivity index (χ4n) is 1.60. The first kappa shape index (κ1) is 12.9. The molecule has 18 heavy (non-hydrogen) atoms. The summed E-state index contributed by atoms with van der Waals surface area (Å²) >= 11 is 5.61. The molecule has 0 bridgehead atoms. The molecule has 1 aromatic carbocycles. The van der Waals surface area contributed by atoms with Gasteiger partial charge in [-0.2, -0.15) is 0 Å². The van der Waals surface area contributed by atoms with Crippen molar-refractivity contribution in [1.82, 2.24) is 9.78 Å². The summed E-state index contributed by atoms with van der Waals surface area (Å²) in [5.74, 6) is -0.548. The Balaban J connectivity index is 2.55. The molecule has 0 saturated heterocycles. The van der Waals surface area contributed by atoms with Crippen LogP contribution in [0.5, 0.6) is 0 Å². The number of aromatic nitrogens is 2. The second-order valence-electron chi connectivity index (χ2n) is 5.19. The van der Waals surface area contributed by atoms with Crippen molar-refractivity contribution in [2.75, 3.05) is 0 Å². The molecule has 0 atom stereocenters. The van der Waals surface area contributed by atoms with Gasteiger partial charge in [-0.05, 0) is 12.1 Å². The monoisotopic (exact) mass is 268 g/mol. The lowest BCUT2D eigenvalue weighted by atomic mass is 9.93. The predicted octanol–water partition coefficient (Wildman–Crippen LogP) is 3.26. The van der Waals surface area contributed by atoms with Crippen LogP contribution in [-0.2, 0) is 5.41 Å². The molecule has 0 fully saturated rings. The number of nitrogens with one attached hydrogen (secondary N) is 1. The fourth-order valence-corrected chi connectivity index (χ4v) is 1.71. The van der Waals surface area contributed by atoms with E-state index in [4.69, 9.17) is 11.6 Å². The normalized spacial score (nSPS) is 11.8. The Kier molecular flexibility index (Phi) is 3.07. The van der Waals surface area contributed by atoms with Crippen LogP contribution in [0.3, 0.4) is 0 Å². The van der Waals surface area contributed by atoms with Crippen molar-refractivity contribution < 1.29 is 4.39 Å². The zero-order chi connectivity index (χ0) is 13.5. The van der Waals surface area contributed by atoms with Gasteiger partial charge in [-0.3, -0.25) is 9.89 Å². The van der Waals surface area contributed by atoms with Crippen molar-refractivity contribution >= 4 is 11.6 Å². The molecule has 96 valence electrons. The number of benzene rings is 1. The molecule has 1 heterocycles. The SMILES string of the molecule is CC(C)(C)c1cc(=O)n(-c2ccc(Cl)c(F)c2)[nH]1. The summed E-state index contributed by atoms with van der Waals surface area (Å²) in [4.78, 5) is 11.9. The Morgan fingerprint density at radius 3 is 2.44 bits per heavy atom. The van der Waals surface area contributed by atoms with Gasteiger partial charge in [0.2, 0.25) is 0 Å². The van der Waals surface area contributed by atoms with Gasteiger partial charge < -0.3 is 0 Å². The summed E-state index contributed by atoms with van der Waals surface area (Å²) in [5.41, 5.74) is 0.831. The van der Waals surface area contributed by atoms with Crippen LogP contribution in [0.4, 0.5) is 4.39 Å². The number of H-pyrrole nitrogens is 1. The van der Waals surface area contributed by atoms with Gasteiger partial charge in [0.1, 0.15) is 5.82 Å². The minimum absolute atomic E-state index is 0.0365. The molecule has 0 aliphatic carbocycles. The molecule has 2 aromatic rings. The van der Waals surface area contributed by atoms with Gasteiger partial charge in [0.25, 0.3) is 5.56 Å². The summed E-state index contributed by atoms with van der Waals surface area (Å²) in [6.07, 6.45) is 0. The molecular formula is C13H14ClFN2O. The van der Waals surface area contributed by atoms with Crippen LogP contribution in [-0.4, -0.2) is 9.78 Å². The highest BCUT2D eigenvalue weighted by Crippen LogP contribution is 2.20. The topological polar surface area (TPSA) is 37.8 Å². The third-order valence-electron chi connectivity index (χ3n) is 2.69. The van der Waals surface area contributed by atoms with Crippen LogP contribution in [0.1, 0.15) is 26.5 Å². The second-order valence-corrected chi connectivity index (χ2v) is 5.60. The van der Waals surface area contributed by atoms with Crippen molar-refractivity contribution in [2.45, 2.75) is 26.2 Å². The maximum Gasteiger partial charge on any atom is 0.271 e. The van der Waals surface area contributed by atoms with Crippen LogP contribution in [0.15, 0.2) is 29.1 Å². The highest BCUT2D eigenvalue weighted by molar-refractivity contribution is 6.30. The summed E-state index contributed by atoms with van der Waals surface area (Å²) < 4.78 is 14.7. The van der Waals surface area contributed by atoms with E-state index in [0.717, 1.165) is 5.69 Å². The average Bonchev–Trinajstić information content (AvgIpc) is 2.64. The van der Waals surface area contributed by atoms with E-state index in [1.165, 1.54) is 22.9 Å².